The van der Waals surface area contributed by atoms with Crippen molar-refractivity contribution in [1.29, 1.82) is 0 Å². The molecule has 3 amide bonds. The van der Waals surface area contributed by atoms with E-state index in [0.29, 0.717) is 31.3 Å². The normalized spacial score (nSPS) is 10.7. The molecule has 0 bridgehead atoms. The van der Waals surface area contributed by atoms with Gasteiger partial charge in [-0.25, -0.2) is 4.79 Å². The van der Waals surface area contributed by atoms with E-state index in [9.17, 15) is 14.4 Å². The third kappa shape index (κ3) is 9.37. The van der Waals surface area contributed by atoms with E-state index in [4.69, 9.17) is 4.74 Å². The molecule has 0 saturated carbocycles. The van der Waals surface area contributed by atoms with Crippen LogP contribution in [0.5, 0.6) is 0 Å². The molecular formula is C16H30N2O4. The summed E-state index contributed by atoms with van der Waals surface area (Å²) in [4.78, 5) is 36.8. The topological polar surface area (TPSA) is 75.7 Å². The van der Waals surface area contributed by atoms with E-state index in [-0.39, 0.29) is 6.61 Å². The Balaban J connectivity index is 4.61. The van der Waals surface area contributed by atoms with Gasteiger partial charge in [0, 0.05) is 13.1 Å². The van der Waals surface area contributed by atoms with Gasteiger partial charge in [-0.1, -0.05) is 27.7 Å². The minimum atomic E-state index is -0.600. The first-order valence-electron chi connectivity index (χ1n) is 8.01. The molecule has 0 atom stereocenters. The van der Waals surface area contributed by atoms with Gasteiger partial charge in [0.15, 0.2) is 0 Å². The summed E-state index contributed by atoms with van der Waals surface area (Å²) in [5.74, 6) is -0.279. The molecule has 6 nitrogen and oxygen atoms in total. The summed E-state index contributed by atoms with van der Waals surface area (Å²) in [6.07, 6.45) is 1.14. The van der Waals surface area contributed by atoms with E-state index >= 15 is 0 Å². The van der Waals surface area contributed by atoms with Crippen LogP contribution in [0.3, 0.4) is 0 Å². The molecule has 0 saturated heterocycles. The molecular weight excluding hydrogens is 284 g/mol. The molecule has 0 aliphatic rings. The number of esters is 1. The second kappa shape index (κ2) is 11.0. The van der Waals surface area contributed by atoms with E-state index in [1.54, 1.807) is 6.92 Å². The molecule has 128 valence electrons. The van der Waals surface area contributed by atoms with E-state index < -0.39 is 24.3 Å². The molecule has 0 aliphatic heterocycles. The number of carbonyl (C=O) groups is 3. The molecule has 0 aromatic carbocycles. The minimum Gasteiger partial charge on any atom is -0.466 e. The molecule has 0 aromatic heterocycles. The first-order valence-corrected chi connectivity index (χ1v) is 8.01. The summed E-state index contributed by atoms with van der Waals surface area (Å²) in [5.41, 5.74) is 0. The van der Waals surface area contributed by atoms with Crippen molar-refractivity contribution in [2.24, 2.45) is 11.8 Å². The molecule has 0 aliphatic carbocycles. The zero-order chi connectivity index (χ0) is 17.1. The summed E-state index contributed by atoms with van der Waals surface area (Å²) >= 11 is 0. The van der Waals surface area contributed by atoms with Crippen molar-refractivity contribution in [2.45, 2.75) is 53.9 Å². The first kappa shape index (κ1) is 20.4. The van der Waals surface area contributed by atoms with Gasteiger partial charge >= 0.3 is 12.0 Å². The fraction of sp³-hybridized carbons (Fsp3) is 0.812. The number of nitrogens with one attached hydrogen (secondary N) is 1. The highest BCUT2D eigenvalue weighted by molar-refractivity contribution is 6.02. The van der Waals surface area contributed by atoms with Crippen molar-refractivity contribution in [2.75, 3.05) is 19.7 Å². The number of ether oxygens (including phenoxy) is 1. The van der Waals surface area contributed by atoms with Crippen LogP contribution < -0.4 is 5.32 Å². The van der Waals surface area contributed by atoms with E-state index in [2.05, 4.69) is 19.2 Å². The highest BCUT2D eigenvalue weighted by Crippen LogP contribution is 2.06. The third-order valence-electron chi connectivity index (χ3n) is 3.08. The molecule has 0 aromatic rings. The number of rotatable bonds is 9. The monoisotopic (exact) mass is 314 g/mol. The second-order valence-electron chi connectivity index (χ2n) is 6.12. The Morgan fingerprint density at radius 1 is 1.05 bits per heavy atom. The molecule has 6 heteroatoms. The smallest absolute Gasteiger partial charge is 0.324 e. The number of imide groups is 1. The summed E-state index contributed by atoms with van der Waals surface area (Å²) < 4.78 is 4.76. The maximum absolute atomic E-state index is 12.2. The number of hydrogen-bond donors (Lipinski definition) is 1. The lowest BCUT2D eigenvalue weighted by Gasteiger charge is -2.22. The van der Waals surface area contributed by atoms with Crippen LogP contribution in [0.4, 0.5) is 4.79 Å². The number of carbonyl (C=O) groups excluding carboxylic acids is 3. The third-order valence-corrected chi connectivity index (χ3v) is 3.08. The van der Waals surface area contributed by atoms with Crippen LogP contribution in [0.1, 0.15) is 53.9 Å². The van der Waals surface area contributed by atoms with Crippen LogP contribution in [0, 0.1) is 11.8 Å². The number of hydrogen-bond acceptors (Lipinski definition) is 4. The van der Waals surface area contributed by atoms with Crippen molar-refractivity contribution in [3.05, 3.63) is 0 Å². The Labute approximate surface area is 133 Å². The van der Waals surface area contributed by atoms with Crippen molar-refractivity contribution in [1.82, 2.24) is 10.2 Å². The van der Waals surface area contributed by atoms with Crippen molar-refractivity contribution < 1.29 is 19.1 Å². The van der Waals surface area contributed by atoms with Crippen molar-refractivity contribution in [3.8, 4) is 0 Å². The summed E-state index contributed by atoms with van der Waals surface area (Å²) in [6, 6.07) is -0.435. The number of amides is 3. The molecule has 0 unspecified atom stereocenters. The SMILES string of the molecule is CCOC(=O)CC(=O)N(CCC(C)C)C(=O)NCCC(C)C. The predicted molar refractivity (Wildman–Crippen MR) is 85.3 cm³/mol. The Bertz CT molecular complexity index is 367. The molecule has 0 rings (SSSR count). The molecule has 0 spiro atoms. The van der Waals surface area contributed by atoms with E-state index in [1.165, 1.54) is 0 Å². The van der Waals surface area contributed by atoms with Gasteiger partial charge in [0.05, 0.1) is 6.61 Å². The van der Waals surface area contributed by atoms with Crippen LogP contribution in [0.25, 0.3) is 0 Å². The highest BCUT2D eigenvalue weighted by Gasteiger charge is 2.24. The molecule has 0 heterocycles. The van der Waals surface area contributed by atoms with Crippen LogP contribution in [-0.2, 0) is 14.3 Å². The summed E-state index contributed by atoms with van der Waals surface area (Å²) in [7, 11) is 0. The minimum absolute atomic E-state index is 0.221. The first-order chi connectivity index (χ1) is 10.3. The molecule has 0 radical (unpaired) electrons. The van der Waals surface area contributed by atoms with Gasteiger partial charge in [0.25, 0.3) is 0 Å². The van der Waals surface area contributed by atoms with Gasteiger partial charge < -0.3 is 10.1 Å². The van der Waals surface area contributed by atoms with Crippen LogP contribution in [-0.4, -0.2) is 42.5 Å². The Kier molecular flexibility index (Phi) is 10.2. The zero-order valence-corrected chi connectivity index (χ0v) is 14.5. The van der Waals surface area contributed by atoms with Gasteiger partial charge in [0.2, 0.25) is 5.91 Å². The van der Waals surface area contributed by atoms with E-state index in [0.717, 1.165) is 11.3 Å². The quantitative estimate of drug-likeness (QED) is 0.524. The van der Waals surface area contributed by atoms with E-state index in [1.807, 2.05) is 13.8 Å². The van der Waals surface area contributed by atoms with Crippen LogP contribution >= 0.6 is 0 Å². The Morgan fingerprint density at radius 3 is 2.14 bits per heavy atom. The standard InChI is InChI=1S/C16H30N2O4/c1-6-22-15(20)11-14(19)18(10-8-13(4)5)16(21)17-9-7-12(2)3/h12-13H,6-11H2,1-5H3,(H,17,21). The fourth-order valence-electron chi connectivity index (χ4n) is 1.72. The lowest BCUT2D eigenvalue weighted by molar-refractivity contribution is -0.147. The molecule has 0 fully saturated rings. The maximum atomic E-state index is 12.2. The van der Waals surface area contributed by atoms with Crippen LogP contribution in [0.2, 0.25) is 0 Å². The number of nitrogens with zero attached hydrogens (tertiary/aromatic N) is 1. The Hall–Kier alpha value is -1.59. The lowest BCUT2D eigenvalue weighted by atomic mass is 10.1. The van der Waals surface area contributed by atoms with Crippen LogP contribution in [0.15, 0.2) is 0 Å². The molecule has 22 heavy (non-hydrogen) atoms. The zero-order valence-electron chi connectivity index (χ0n) is 14.5. The Morgan fingerprint density at radius 2 is 1.64 bits per heavy atom. The fourth-order valence-corrected chi connectivity index (χ4v) is 1.72. The summed E-state index contributed by atoms with van der Waals surface area (Å²) in [6.45, 7) is 10.9. The lowest BCUT2D eigenvalue weighted by Crippen LogP contribution is -2.45. The predicted octanol–water partition coefficient (Wildman–Crippen LogP) is 2.57. The maximum Gasteiger partial charge on any atom is 0.324 e. The van der Waals surface area contributed by atoms with Crippen molar-refractivity contribution in [3.63, 3.8) is 0 Å². The molecule has 1 N–H and O–H groups in total. The summed E-state index contributed by atoms with van der Waals surface area (Å²) in [5, 5.41) is 2.74. The van der Waals surface area contributed by atoms with Gasteiger partial charge in [-0.05, 0) is 31.6 Å². The van der Waals surface area contributed by atoms with Gasteiger partial charge in [-0.2, -0.15) is 0 Å². The van der Waals surface area contributed by atoms with Gasteiger partial charge in [-0.15, -0.1) is 0 Å². The largest absolute Gasteiger partial charge is 0.466 e. The van der Waals surface area contributed by atoms with Gasteiger partial charge in [0.1, 0.15) is 6.42 Å². The number of urea groups is 1. The average Bonchev–Trinajstić information content (AvgIpc) is 2.38. The van der Waals surface area contributed by atoms with Gasteiger partial charge in [-0.3, -0.25) is 14.5 Å². The average molecular weight is 314 g/mol. The van der Waals surface area contributed by atoms with Crippen molar-refractivity contribution >= 4 is 17.9 Å². The second-order valence-corrected chi connectivity index (χ2v) is 6.12. The highest BCUT2D eigenvalue weighted by atomic mass is 16.5.